The Morgan fingerprint density at radius 3 is 2.69 bits per heavy atom. The minimum Gasteiger partial charge on any atom is -0.474 e. The van der Waals surface area contributed by atoms with Gasteiger partial charge in [-0.05, 0) is 6.07 Å². The van der Waals surface area contributed by atoms with Gasteiger partial charge in [-0.1, -0.05) is 0 Å². The molecule has 0 aliphatic rings. The number of methoxy groups -OCH3 is 1. The molecule has 0 atom stereocenters. The fourth-order valence-corrected chi connectivity index (χ4v) is 0.868. The van der Waals surface area contributed by atoms with Crippen LogP contribution in [0.1, 0.15) is 5.69 Å². The lowest BCUT2D eigenvalue weighted by molar-refractivity contribution is 0.143. The zero-order chi connectivity index (χ0) is 9.52. The van der Waals surface area contributed by atoms with Gasteiger partial charge in [0.1, 0.15) is 6.61 Å². The summed E-state index contributed by atoms with van der Waals surface area (Å²) in [5.41, 5.74) is 0.737. The standard InChI is InChI=1S/C8H11ClN2O2/c1-12-4-5-13-8-3-2-7(6-9)10-11-8/h2-3H,4-6H2,1H3. The largest absolute Gasteiger partial charge is 0.474 e. The highest BCUT2D eigenvalue weighted by Crippen LogP contribution is 2.05. The lowest BCUT2D eigenvalue weighted by atomic mass is 10.4. The first-order chi connectivity index (χ1) is 6.36. The third kappa shape index (κ3) is 3.57. The third-order valence-electron chi connectivity index (χ3n) is 1.37. The van der Waals surface area contributed by atoms with Gasteiger partial charge >= 0.3 is 0 Å². The van der Waals surface area contributed by atoms with Gasteiger partial charge in [-0.25, -0.2) is 0 Å². The van der Waals surface area contributed by atoms with Gasteiger partial charge in [0.15, 0.2) is 0 Å². The van der Waals surface area contributed by atoms with Gasteiger partial charge in [0.2, 0.25) is 5.88 Å². The van der Waals surface area contributed by atoms with E-state index in [9.17, 15) is 0 Å². The summed E-state index contributed by atoms with van der Waals surface area (Å²) in [7, 11) is 1.62. The van der Waals surface area contributed by atoms with Crippen LogP contribution in [0.3, 0.4) is 0 Å². The summed E-state index contributed by atoms with van der Waals surface area (Å²) < 4.78 is 10.0. The molecule has 0 radical (unpaired) electrons. The molecule has 0 N–H and O–H groups in total. The van der Waals surface area contributed by atoms with E-state index in [0.29, 0.717) is 25.0 Å². The Labute approximate surface area is 81.8 Å². The Morgan fingerprint density at radius 1 is 1.31 bits per heavy atom. The van der Waals surface area contributed by atoms with E-state index < -0.39 is 0 Å². The first-order valence-electron chi connectivity index (χ1n) is 3.87. The smallest absolute Gasteiger partial charge is 0.233 e. The van der Waals surface area contributed by atoms with Gasteiger partial charge in [0.25, 0.3) is 0 Å². The van der Waals surface area contributed by atoms with Crippen molar-refractivity contribution in [1.29, 1.82) is 0 Å². The fraction of sp³-hybridized carbons (Fsp3) is 0.500. The molecule has 0 amide bonds. The molecule has 1 rings (SSSR count). The Bertz CT molecular complexity index is 240. The summed E-state index contributed by atoms with van der Waals surface area (Å²) >= 11 is 5.54. The maximum absolute atomic E-state index is 5.54. The Kier molecular flexibility index (Phi) is 4.49. The van der Waals surface area contributed by atoms with Gasteiger partial charge in [0, 0.05) is 13.2 Å². The normalized spacial score (nSPS) is 10.0. The zero-order valence-electron chi connectivity index (χ0n) is 7.36. The van der Waals surface area contributed by atoms with Gasteiger partial charge in [-0.2, -0.15) is 5.10 Å². The number of ether oxygens (including phenoxy) is 2. The number of halogens is 1. The first-order valence-corrected chi connectivity index (χ1v) is 4.40. The van der Waals surface area contributed by atoms with Crippen molar-refractivity contribution in [3.05, 3.63) is 17.8 Å². The van der Waals surface area contributed by atoms with Gasteiger partial charge in [-0.15, -0.1) is 16.7 Å². The Balaban J connectivity index is 2.40. The summed E-state index contributed by atoms with van der Waals surface area (Å²) in [6.45, 7) is 1.02. The number of rotatable bonds is 5. The highest BCUT2D eigenvalue weighted by molar-refractivity contribution is 6.16. The van der Waals surface area contributed by atoms with Gasteiger partial charge < -0.3 is 9.47 Å². The van der Waals surface area contributed by atoms with E-state index in [4.69, 9.17) is 21.1 Å². The molecule has 4 nitrogen and oxygen atoms in total. The van der Waals surface area contributed by atoms with Gasteiger partial charge in [-0.3, -0.25) is 0 Å². The van der Waals surface area contributed by atoms with Crippen LogP contribution in [0.25, 0.3) is 0 Å². The lowest BCUT2D eigenvalue weighted by Crippen LogP contribution is -2.06. The van der Waals surface area contributed by atoms with E-state index in [1.54, 1.807) is 19.2 Å². The van der Waals surface area contributed by atoms with Crippen molar-refractivity contribution in [2.45, 2.75) is 5.88 Å². The molecule has 0 aliphatic heterocycles. The van der Waals surface area contributed by atoms with E-state index in [1.807, 2.05) is 0 Å². The Morgan fingerprint density at radius 2 is 2.15 bits per heavy atom. The second kappa shape index (κ2) is 5.72. The monoisotopic (exact) mass is 202 g/mol. The SMILES string of the molecule is COCCOc1ccc(CCl)nn1. The number of alkyl halides is 1. The minimum absolute atomic E-state index is 0.366. The van der Waals surface area contributed by atoms with Crippen molar-refractivity contribution in [2.24, 2.45) is 0 Å². The summed E-state index contributed by atoms with van der Waals surface area (Å²) in [5, 5.41) is 7.64. The molecule has 1 aromatic heterocycles. The summed E-state index contributed by atoms with van der Waals surface area (Å²) in [5.74, 6) is 0.858. The van der Waals surface area contributed by atoms with Crippen LogP contribution in [-0.2, 0) is 10.6 Å². The maximum Gasteiger partial charge on any atom is 0.233 e. The molecule has 1 heterocycles. The second-order valence-corrected chi connectivity index (χ2v) is 2.61. The van der Waals surface area contributed by atoms with Crippen molar-refractivity contribution in [2.75, 3.05) is 20.3 Å². The van der Waals surface area contributed by atoms with Crippen LogP contribution < -0.4 is 4.74 Å². The lowest BCUT2D eigenvalue weighted by Gasteiger charge is -2.02. The molecule has 0 fully saturated rings. The molecule has 1 aromatic rings. The molecule has 0 saturated heterocycles. The highest BCUT2D eigenvalue weighted by atomic mass is 35.5. The van der Waals surface area contributed by atoms with Crippen molar-refractivity contribution in [3.63, 3.8) is 0 Å². The highest BCUT2D eigenvalue weighted by Gasteiger charge is 1.96. The zero-order valence-corrected chi connectivity index (χ0v) is 8.12. The maximum atomic E-state index is 5.54. The van der Waals surface area contributed by atoms with Crippen LogP contribution in [0.5, 0.6) is 5.88 Å². The van der Waals surface area contributed by atoms with E-state index >= 15 is 0 Å². The predicted molar refractivity (Wildman–Crippen MR) is 49.0 cm³/mol. The number of hydrogen-bond donors (Lipinski definition) is 0. The predicted octanol–water partition coefficient (Wildman–Crippen LogP) is 1.24. The van der Waals surface area contributed by atoms with Crippen molar-refractivity contribution in [3.8, 4) is 5.88 Å². The van der Waals surface area contributed by atoms with Crippen LogP contribution in [0.2, 0.25) is 0 Å². The third-order valence-corrected chi connectivity index (χ3v) is 1.64. The molecule has 0 unspecified atom stereocenters. The van der Waals surface area contributed by atoms with Crippen LogP contribution in [0.4, 0.5) is 0 Å². The average Bonchev–Trinajstić information content (AvgIpc) is 2.19. The molecule has 0 saturated carbocycles. The van der Waals surface area contributed by atoms with Crippen molar-refractivity contribution < 1.29 is 9.47 Å². The molecule has 5 heteroatoms. The molecule has 0 aliphatic carbocycles. The summed E-state index contributed by atoms with van der Waals surface area (Å²) in [6.07, 6.45) is 0. The minimum atomic E-state index is 0.366. The van der Waals surface area contributed by atoms with E-state index in [2.05, 4.69) is 10.2 Å². The molecular weight excluding hydrogens is 192 g/mol. The van der Waals surface area contributed by atoms with Crippen LogP contribution in [0, 0.1) is 0 Å². The van der Waals surface area contributed by atoms with Crippen molar-refractivity contribution >= 4 is 11.6 Å². The quantitative estimate of drug-likeness (QED) is 0.532. The molecule has 13 heavy (non-hydrogen) atoms. The Hall–Kier alpha value is -0.870. The van der Waals surface area contributed by atoms with Crippen LogP contribution in [-0.4, -0.2) is 30.5 Å². The molecule has 0 bridgehead atoms. The van der Waals surface area contributed by atoms with Gasteiger partial charge in [0.05, 0.1) is 18.2 Å². The fourth-order valence-electron chi connectivity index (χ4n) is 0.725. The topological polar surface area (TPSA) is 44.2 Å². The number of aromatic nitrogens is 2. The summed E-state index contributed by atoms with van der Waals surface area (Å²) in [6, 6.07) is 3.52. The summed E-state index contributed by atoms with van der Waals surface area (Å²) in [4.78, 5) is 0. The first kappa shape index (κ1) is 10.2. The van der Waals surface area contributed by atoms with Crippen LogP contribution in [0.15, 0.2) is 12.1 Å². The van der Waals surface area contributed by atoms with Crippen LogP contribution >= 0.6 is 11.6 Å². The molecule has 0 aromatic carbocycles. The molecule has 0 spiro atoms. The van der Waals surface area contributed by atoms with E-state index in [0.717, 1.165) is 5.69 Å². The average molecular weight is 203 g/mol. The molecule has 72 valence electrons. The molecular formula is C8H11ClN2O2. The number of hydrogen-bond acceptors (Lipinski definition) is 4. The van der Waals surface area contributed by atoms with E-state index in [-0.39, 0.29) is 0 Å². The second-order valence-electron chi connectivity index (χ2n) is 2.34. The van der Waals surface area contributed by atoms with Crippen molar-refractivity contribution in [1.82, 2.24) is 10.2 Å². The number of nitrogens with zero attached hydrogens (tertiary/aromatic N) is 2. The van der Waals surface area contributed by atoms with E-state index in [1.165, 1.54) is 0 Å².